The maximum absolute atomic E-state index is 12.7. The van der Waals surface area contributed by atoms with Crippen LogP contribution in [0.5, 0.6) is 0 Å². The third kappa shape index (κ3) is 4.43. The number of nitrogens with zero attached hydrogens (tertiary/aromatic N) is 1. The molecule has 0 radical (unpaired) electrons. The maximum Gasteiger partial charge on any atom is 0.407 e. The molecule has 1 aromatic rings. The molecule has 3 rings (SSSR count). The fourth-order valence-electron chi connectivity index (χ4n) is 4.54. The van der Waals surface area contributed by atoms with Crippen LogP contribution in [-0.4, -0.2) is 48.8 Å². The molecule has 1 aromatic carbocycles. The van der Waals surface area contributed by atoms with E-state index >= 15 is 0 Å². The average molecular weight is 374 g/mol. The molecule has 2 aliphatic rings. The highest BCUT2D eigenvalue weighted by atomic mass is 16.6. The average Bonchev–Trinajstić information content (AvgIpc) is 3.07. The van der Waals surface area contributed by atoms with E-state index in [9.17, 15) is 9.59 Å². The number of rotatable bonds is 4. The van der Waals surface area contributed by atoms with Crippen molar-refractivity contribution in [2.75, 3.05) is 20.2 Å². The summed E-state index contributed by atoms with van der Waals surface area (Å²) in [6, 6.07) is 10.2. The number of ether oxygens (including phenoxy) is 2. The van der Waals surface area contributed by atoms with Crippen molar-refractivity contribution in [1.29, 1.82) is 0 Å². The SMILES string of the molecule is COC(=O)[C@]12C[C@H](NC(=O)OC(C)(C)C)C[C@@H]1CN(Cc1ccccc1)C2. The number of amides is 1. The number of benzene rings is 1. The number of hydrogen-bond acceptors (Lipinski definition) is 5. The van der Waals surface area contributed by atoms with E-state index in [0.717, 1.165) is 19.5 Å². The maximum atomic E-state index is 12.7. The van der Waals surface area contributed by atoms with E-state index in [4.69, 9.17) is 9.47 Å². The largest absolute Gasteiger partial charge is 0.469 e. The summed E-state index contributed by atoms with van der Waals surface area (Å²) in [6.45, 7) is 7.83. The molecule has 1 aliphatic carbocycles. The molecular weight excluding hydrogens is 344 g/mol. The Hall–Kier alpha value is -2.08. The van der Waals surface area contributed by atoms with Crippen LogP contribution in [0.2, 0.25) is 0 Å². The molecule has 0 spiro atoms. The smallest absolute Gasteiger partial charge is 0.407 e. The molecule has 1 saturated carbocycles. The van der Waals surface area contributed by atoms with Gasteiger partial charge in [0.05, 0.1) is 12.5 Å². The van der Waals surface area contributed by atoms with Crippen molar-refractivity contribution in [2.24, 2.45) is 11.3 Å². The first kappa shape index (κ1) is 19.7. The third-order valence-electron chi connectivity index (χ3n) is 5.51. The van der Waals surface area contributed by atoms with Gasteiger partial charge in [-0.3, -0.25) is 9.69 Å². The summed E-state index contributed by atoms with van der Waals surface area (Å²) in [6.07, 6.45) is 0.933. The quantitative estimate of drug-likeness (QED) is 0.821. The monoisotopic (exact) mass is 374 g/mol. The minimum atomic E-state index is -0.552. The van der Waals surface area contributed by atoms with E-state index in [1.165, 1.54) is 12.7 Å². The summed E-state index contributed by atoms with van der Waals surface area (Å²) in [5.74, 6) is 0.00477. The van der Waals surface area contributed by atoms with Gasteiger partial charge in [-0.05, 0) is 45.1 Å². The number of alkyl carbamates (subject to hydrolysis) is 1. The molecule has 148 valence electrons. The number of esters is 1. The van der Waals surface area contributed by atoms with Gasteiger partial charge in [0.1, 0.15) is 5.60 Å². The fraction of sp³-hybridized carbons (Fsp3) is 0.619. The topological polar surface area (TPSA) is 67.9 Å². The van der Waals surface area contributed by atoms with Crippen LogP contribution < -0.4 is 5.32 Å². The molecule has 27 heavy (non-hydrogen) atoms. The molecule has 1 N–H and O–H groups in total. The van der Waals surface area contributed by atoms with Gasteiger partial charge in [0, 0.05) is 25.7 Å². The Kier molecular flexibility index (Phi) is 5.47. The fourth-order valence-corrected chi connectivity index (χ4v) is 4.54. The Morgan fingerprint density at radius 2 is 1.96 bits per heavy atom. The van der Waals surface area contributed by atoms with Crippen molar-refractivity contribution < 1.29 is 19.1 Å². The molecule has 6 nitrogen and oxygen atoms in total. The van der Waals surface area contributed by atoms with E-state index in [2.05, 4.69) is 22.3 Å². The van der Waals surface area contributed by atoms with Gasteiger partial charge in [-0.1, -0.05) is 30.3 Å². The van der Waals surface area contributed by atoms with Crippen LogP contribution in [0.15, 0.2) is 30.3 Å². The van der Waals surface area contributed by atoms with Gasteiger partial charge in [-0.25, -0.2) is 4.79 Å². The van der Waals surface area contributed by atoms with E-state index in [1.807, 2.05) is 39.0 Å². The lowest BCUT2D eigenvalue weighted by Gasteiger charge is -2.27. The highest BCUT2D eigenvalue weighted by Crippen LogP contribution is 2.50. The minimum Gasteiger partial charge on any atom is -0.469 e. The van der Waals surface area contributed by atoms with Crippen molar-refractivity contribution in [3.05, 3.63) is 35.9 Å². The normalized spacial score (nSPS) is 27.9. The number of methoxy groups -OCH3 is 1. The van der Waals surface area contributed by atoms with E-state index in [1.54, 1.807) is 0 Å². The molecule has 1 heterocycles. The van der Waals surface area contributed by atoms with Crippen LogP contribution >= 0.6 is 0 Å². The summed E-state index contributed by atoms with van der Waals surface area (Å²) in [7, 11) is 1.45. The lowest BCUT2D eigenvalue weighted by atomic mass is 9.81. The third-order valence-corrected chi connectivity index (χ3v) is 5.51. The van der Waals surface area contributed by atoms with Crippen molar-refractivity contribution in [2.45, 2.75) is 51.8 Å². The molecule has 3 atom stereocenters. The van der Waals surface area contributed by atoms with Gasteiger partial charge < -0.3 is 14.8 Å². The standard InChI is InChI=1S/C21H30N2O4/c1-20(2,3)27-19(25)22-17-10-16-13-23(12-15-8-6-5-7-9-15)14-21(16,11-17)18(24)26-4/h5-9,16-17H,10-14H2,1-4H3,(H,22,25)/t16-,17-,21+/m1/s1. The first-order valence-electron chi connectivity index (χ1n) is 9.56. The number of hydrogen-bond donors (Lipinski definition) is 1. The first-order chi connectivity index (χ1) is 12.7. The van der Waals surface area contributed by atoms with Crippen LogP contribution in [0.3, 0.4) is 0 Å². The zero-order valence-corrected chi connectivity index (χ0v) is 16.7. The molecule has 1 amide bonds. The number of likely N-dealkylation sites (tertiary alicyclic amines) is 1. The van der Waals surface area contributed by atoms with E-state index < -0.39 is 17.1 Å². The molecule has 6 heteroatoms. The predicted molar refractivity (Wildman–Crippen MR) is 102 cm³/mol. The lowest BCUT2D eigenvalue weighted by molar-refractivity contribution is -0.153. The Morgan fingerprint density at radius 1 is 1.26 bits per heavy atom. The molecule has 0 aromatic heterocycles. The van der Waals surface area contributed by atoms with Gasteiger partial charge in [-0.15, -0.1) is 0 Å². The van der Waals surface area contributed by atoms with Gasteiger partial charge in [0.15, 0.2) is 0 Å². The van der Waals surface area contributed by atoms with Crippen LogP contribution in [0.1, 0.15) is 39.2 Å². The van der Waals surface area contributed by atoms with Crippen molar-refractivity contribution >= 4 is 12.1 Å². The Balaban J connectivity index is 1.67. The highest BCUT2D eigenvalue weighted by molar-refractivity contribution is 5.79. The minimum absolute atomic E-state index is 0.0668. The second-order valence-corrected chi connectivity index (χ2v) is 8.78. The number of carbonyl (C=O) groups excluding carboxylic acids is 2. The van der Waals surface area contributed by atoms with Crippen molar-refractivity contribution in [3.8, 4) is 0 Å². The molecule has 1 saturated heterocycles. The Bertz CT molecular complexity index is 685. The van der Waals surface area contributed by atoms with E-state index in [0.29, 0.717) is 13.0 Å². The molecular formula is C21H30N2O4. The lowest BCUT2D eigenvalue weighted by Crippen LogP contribution is -2.41. The number of nitrogens with one attached hydrogen (secondary N) is 1. The van der Waals surface area contributed by atoms with Crippen LogP contribution in [0, 0.1) is 11.3 Å². The van der Waals surface area contributed by atoms with Gasteiger partial charge in [0.2, 0.25) is 0 Å². The zero-order chi connectivity index (χ0) is 19.7. The van der Waals surface area contributed by atoms with Crippen molar-refractivity contribution in [3.63, 3.8) is 0 Å². The molecule has 2 fully saturated rings. The Morgan fingerprint density at radius 3 is 2.59 bits per heavy atom. The zero-order valence-electron chi connectivity index (χ0n) is 16.7. The van der Waals surface area contributed by atoms with Gasteiger partial charge >= 0.3 is 12.1 Å². The van der Waals surface area contributed by atoms with Crippen LogP contribution in [0.4, 0.5) is 4.79 Å². The summed E-state index contributed by atoms with van der Waals surface area (Å²) in [5.41, 5.74) is 0.148. The second-order valence-electron chi connectivity index (χ2n) is 8.78. The first-order valence-corrected chi connectivity index (χ1v) is 9.56. The van der Waals surface area contributed by atoms with Gasteiger partial charge in [-0.2, -0.15) is 0 Å². The molecule has 1 aliphatic heterocycles. The highest BCUT2D eigenvalue weighted by Gasteiger charge is 2.58. The van der Waals surface area contributed by atoms with Crippen LogP contribution in [0.25, 0.3) is 0 Å². The summed E-state index contributed by atoms with van der Waals surface area (Å²) in [5, 5.41) is 2.94. The predicted octanol–water partition coefficient (Wildman–Crippen LogP) is 2.96. The molecule has 0 unspecified atom stereocenters. The summed E-state index contributed by atoms with van der Waals surface area (Å²) < 4.78 is 10.5. The van der Waals surface area contributed by atoms with E-state index in [-0.39, 0.29) is 17.9 Å². The second kappa shape index (κ2) is 7.50. The number of carbonyl (C=O) groups is 2. The van der Waals surface area contributed by atoms with Crippen LogP contribution in [-0.2, 0) is 20.8 Å². The van der Waals surface area contributed by atoms with Crippen molar-refractivity contribution in [1.82, 2.24) is 10.2 Å². The summed E-state index contributed by atoms with van der Waals surface area (Å²) >= 11 is 0. The van der Waals surface area contributed by atoms with Gasteiger partial charge in [0.25, 0.3) is 0 Å². The number of fused-ring (bicyclic) bond motifs is 1. The molecule has 0 bridgehead atoms. The summed E-state index contributed by atoms with van der Waals surface area (Å²) in [4.78, 5) is 27.1. The Labute approximate surface area is 161 Å².